The molecule has 0 aliphatic heterocycles. The fourth-order valence-corrected chi connectivity index (χ4v) is 3.71. The van der Waals surface area contributed by atoms with E-state index in [2.05, 4.69) is 4.72 Å². The summed E-state index contributed by atoms with van der Waals surface area (Å²) in [4.78, 5) is 0.298. The fourth-order valence-electron chi connectivity index (χ4n) is 1.99. The van der Waals surface area contributed by atoms with Gasteiger partial charge in [-0.3, -0.25) is 0 Å². The maximum Gasteiger partial charge on any atom is 0.240 e. The molecule has 3 rings (SSSR count). The summed E-state index contributed by atoms with van der Waals surface area (Å²) in [6.45, 7) is 0.318. The van der Waals surface area contributed by atoms with Crippen molar-refractivity contribution < 1.29 is 8.42 Å². The maximum absolute atomic E-state index is 12.3. The third-order valence-corrected chi connectivity index (χ3v) is 5.21. The van der Waals surface area contributed by atoms with E-state index in [1.165, 1.54) is 0 Å². The molecule has 0 amide bonds. The standard InChI is InChI=1S/C15H13NO2S2/c17-20(18,16-10-12-7-8-19-11-12)15-6-5-13-3-1-2-4-14(13)9-15/h1-9,11,16H,10H2. The van der Waals surface area contributed by atoms with Crippen LogP contribution in [0.4, 0.5) is 0 Å². The van der Waals surface area contributed by atoms with Crippen molar-refractivity contribution >= 4 is 32.1 Å². The number of hydrogen-bond donors (Lipinski definition) is 1. The van der Waals surface area contributed by atoms with Gasteiger partial charge in [0.1, 0.15) is 0 Å². The smallest absolute Gasteiger partial charge is 0.207 e. The second-order valence-electron chi connectivity index (χ2n) is 4.47. The van der Waals surface area contributed by atoms with Gasteiger partial charge in [0.25, 0.3) is 0 Å². The van der Waals surface area contributed by atoms with Crippen LogP contribution in [-0.4, -0.2) is 8.42 Å². The van der Waals surface area contributed by atoms with Gasteiger partial charge in [0, 0.05) is 6.54 Å². The summed E-state index contributed by atoms with van der Waals surface area (Å²) in [5, 5.41) is 5.82. The molecule has 0 fully saturated rings. The molecule has 0 saturated heterocycles. The van der Waals surface area contributed by atoms with E-state index in [0.29, 0.717) is 11.4 Å². The normalized spacial score (nSPS) is 11.8. The maximum atomic E-state index is 12.3. The molecule has 0 unspecified atom stereocenters. The zero-order chi connectivity index (χ0) is 14.0. The van der Waals surface area contributed by atoms with Crippen molar-refractivity contribution in [2.45, 2.75) is 11.4 Å². The first-order valence-corrected chi connectivity index (χ1v) is 8.57. The predicted molar refractivity (Wildman–Crippen MR) is 82.3 cm³/mol. The molecule has 0 saturated carbocycles. The van der Waals surface area contributed by atoms with Crippen molar-refractivity contribution in [2.75, 3.05) is 0 Å². The van der Waals surface area contributed by atoms with E-state index in [1.54, 1.807) is 23.5 Å². The van der Waals surface area contributed by atoms with E-state index < -0.39 is 10.0 Å². The van der Waals surface area contributed by atoms with Gasteiger partial charge < -0.3 is 0 Å². The van der Waals surface area contributed by atoms with Gasteiger partial charge in [-0.15, -0.1) is 0 Å². The van der Waals surface area contributed by atoms with Crippen LogP contribution >= 0.6 is 11.3 Å². The lowest BCUT2D eigenvalue weighted by Crippen LogP contribution is -2.22. The fraction of sp³-hybridized carbons (Fsp3) is 0.0667. The molecular formula is C15H13NO2S2. The SMILES string of the molecule is O=S(=O)(NCc1ccsc1)c1ccc2ccccc2c1. The molecule has 0 bridgehead atoms. The van der Waals surface area contributed by atoms with Gasteiger partial charge in [-0.05, 0) is 45.3 Å². The molecule has 3 nitrogen and oxygen atoms in total. The van der Waals surface area contributed by atoms with Crippen molar-refractivity contribution in [2.24, 2.45) is 0 Å². The number of rotatable bonds is 4. The van der Waals surface area contributed by atoms with E-state index in [9.17, 15) is 8.42 Å². The largest absolute Gasteiger partial charge is 0.240 e. The molecule has 1 N–H and O–H groups in total. The van der Waals surface area contributed by atoms with Crippen LogP contribution in [0.25, 0.3) is 10.8 Å². The quantitative estimate of drug-likeness (QED) is 0.803. The van der Waals surface area contributed by atoms with E-state index in [0.717, 1.165) is 16.3 Å². The molecule has 2 aromatic carbocycles. The van der Waals surface area contributed by atoms with E-state index in [4.69, 9.17) is 0 Å². The highest BCUT2D eigenvalue weighted by Crippen LogP contribution is 2.19. The van der Waals surface area contributed by atoms with Gasteiger partial charge in [0.05, 0.1) is 4.90 Å². The topological polar surface area (TPSA) is 46.2 Å². The zero-order valence-electron chi connectivity index (χ0n) is 10.6. The average molecular weight is 303 g/mol. The Hall–Kier alpha value is -1.69. The van der Waals surface area contributed by atoms with Crippen molar-refractivity contribution in [1.29, 1.82) is 0 Å². The first-order valence-electron chi connectivity index (χ1n) is 6.15. The van der Waals surface area contributed by atoms with Crippen LogP contribution in [0.15, 0.2) is 64.2 Å². The number of nitrogens with one attached hydrogen (secondary N) is 1. The van der Waals surface area contributed by atoms with Crippen LogP contribution in [0.5, 0.6) is 0 Å². The lowest BCUT2D eigenvalue weighted by molar-refractivity contribution is 0.581. The van der Waals surface area contributed by atoms with E-state index >= 15 is 0 Å². The highest BCUT2D eigenvalue weighted by atomic mass is 32.2. The minimum absolute atomic E-state index is 0.298. The Balaban J connectivity index is 1.88. The van der Waals surface area contributed by atoms with Gasteiger partial charge >= 0.3 is 0 Å². The highest BCUT2D eigenvalue weighted by Gasteiger charge is 2.14. The van der Waals surface area contributed by atoms with Crippen molar-refractivity contribution in [1.82, 2.24) is 4.72 Å². The van der Waals surface area contributed by atoms with Crippen molar-refractivity contribution in [3.63, 3.8) is 0 Å². The Morgan fingerprint density at radius 1 is 1.00 bits per heavy atom. The van der Waals surface area contributed by atoms with Crippen LogP contribution in [-0.2, 0) is 16.6 Å². The van der Waals surface area contributed by atoms with Gasteiger partial charge in [0.15, 0.2) is 0 Å². The summed E-state index contributed by atoms with van der Waals surface area (Å²) in [6.07, 6.45) is 0. The van der Waals surface area contributed by atoms with Crippen LogP contribution in [0, 0.1) is 0 Å². The summed E-state index contributed by atoms with van der Waals surface area (Å²) < 4.78 is 27.1. The average Bonchev–Trinajstić information content (AvgIpc) is 2.98. The third kappa shape index (κ3) is 2.75. The number of sulfonamides is 1. The zero-order valence-corrected chi connectivity index (χ0v) is 12.2. The van der Waals surface area contributed by atoms with E-state index in [1.807, 2.05) is 47.2 Å². The minimum Gasteiger partial charge on any atom is -0.207 e. The first kappa shape index (κ1) is 13.3. The molecular weight excluding hydrogens is 290 g/mol. The lowest BCUT2D eigenvalue weighted by atomic mass is 10.1. The summed E-state index contributed by atoms with van der Waals surface area (Å²) in [6, 6.07) is 14.8. The number of fused-ring (bicyclic) bond motifs is 1. The van der Waals surface area contributed by atoms with Gasteiger partial charge in [-0.2, -0.15) is 11.3 Å². The lowest BCUT2D eigenvalue weighted by Gasteiger charge is -2.07. The van der Waals surface area contributed by atoms with Crippen molar-refractivity contribution in [3.05, 3.63) is 64.9 Å². The Morgan fingerprint density at radius 2 is 1.80 bits per heavy atom. The molecule has 0 radical (unpaired) electrons. The molecule has 0 spiro atoms. The van der Waals surface area contributed by atoms with E-state index in [-0.39, 0.29) is 0 Å². The molecule has 5 heteroatoms. The number of thiophene rings is 1. The minimum atomic E-state index is -3.47. The number of hydrogen-bond acceptors (Lipinski definition) is 3. The Morgan fingerprint density at radius 3 is 2.55 bits per heavy atom. The molecule has 3 aromatic rings. The summed E-state index contributed by atoms with van der Waals surface area (Å²) in [7, 11) is -3.47. The molecule has 1 aromatic heterocycles. The molecule has 0 aliphatic carbocycles. The van der Waals surface area contributed by atoms with Crippen LogP contribution in [0.1, 0.15) is 5.56 Å². The summed E-state index contributed by atoms with van der Waals surface area (Å²) >= 11 is 1.55. The molecule has 1 heterocycles. The third-order valence-electron chi connectivity index (χ3n) is 3.08. The summed E-state index contributed by atoms with van der Waals surface area (Å²) in [5.41, 5.74) is 0.972. The summed E-state index contributed by atoms with van der Waals surface area (Å²) in [5.74, 6) is 0. The second-order valence-corrected chi connectivity index (χ2v) is 7.01. The van der Waals surface area contributed by atoms with Gasteiger partial charge in [-0.1, -0.05) is 30.3 Å². The number of benzene rings is 2. The highest BCUT2D eigenvalue weighted by molar-refractivity contribution is 7.89. The predicted octanol–water partition coefficient (Wildman–Crippen LogP) is 3.38. The molecule has 102 valence electrons. The Bertz CT molecular complexity index is 824. The van der Waals surface area contributed by atoms with Gasteiger partial charge in [-0.25, -0.2) is 13.1 Å². The van der Waals surface area contributed by atoms with Crippen LogP contribution in [0.2, 0.25) is 0 Å². The monoisotopic (exact) mass is 303 g/mol. The van der Waals surface area contributed by atoms with Crippen LogP contribution in [0.3, 0.4) is 0 Å². The molecule has 0 atom stereocenters. The second kappa shape index (κ2) is 5.36. The van der Waals surface area contributed by atoms with Gasteiger partial charge in [0.2, 0.25) is 10.0 Å². The molecule has 0 aliphatic rings. The Labute approximate surface area is 121 Å². The molecule has 20 heavy (non-hydrogen) atoms. The first-order chi connectivity index (χ1) is 9.65. The van der Waals surface area contributed by atoms with Crippen molar-refractivity contribution in [3.8, 4) is 0 Å². The Kier molecular flexibility index (Phi) is 3.56. The van der Waals surface area contributed by atoms with Crippen LogP contribution < -0.4 is 4.72 Å².